The van der Waals surface area contributed by atoms with Gasteiger partial charge in [-0.15, -0.1) is 0 Å². The van der Waals surface area contributed by atoms with Crippen LogP contribution in [-0.4, -0.2) is 35.9 Å². The Morgan fingerprint density at radius 2 is 1.92 bits per heavy atom. The van der Waals surface area contributed by atoms with Gasteiger partial charge >= 0.3 is 94.3 Å². The first-order chi connectivity index (χ1) is 5.91. The minimum atomic E-state index is 0.272. The van der Waals surface area contributed by atoms with Gasteiger partial charge in [-0.1, -0.05) is 0 Å². The summed E-state index contributed by atoms with van der Waals surface area (Å²) in [4.78, 5) is 2.47. The molecule has 0 aromatic rings. The maximum atomic E-state index is 2.51. The summed E-state index contributed by atoms with van der Waals surface area (Å²) < 4.78 is 4.03. The number of rotatable bonds is 8. The Morgan fingerprint density at radius 3 is 2.58 bits per heavy atom. The summed E-state index contributed by atoms with van der Waals surface area (Å²) in [6.07, 6.45) is 5.62. The molecule has 0 aliphatic carbocycles. The predicted octanol–water partition coefficient (Wildman–Crippen LogP) is 3.30. The molecule has 0 aliphatic rings. The molecular weight excluding hydrogens is 327 g/mol. The summed E-state index contributed by atoms with van der Waals surface area (Å²) in [6.45, 7) is 4.55. The van der Waals surface area contributed by atoms with E-state index in [4.69, 9.17) is 0 Å². The first-order valence-corrected chi connectivity index (χ1v) is 9.99. The topological polar surface area (TPSA) is 0 Å². The molecule has 12 heavy (non-hydrogen) atoms. The van der Waals surface area contributed by atoms with Gasteiger partial charge in [-0.05, 0) is 0 Å². The Kier molecular flexibility index (Phi) is 13.1. The van der Waals surface area contributed by atoms with Crippen molar-refractivity contribution in [1.82, 2.24) is 0 Å². The Balaban J connectivity index is 2.93. The SMILES string of the molecule is CCCC[Se]/C=C/[Te]CCCC. The van der Waals surface area contributed by atoms with Crippen LogP contribution in [0.4, 0.5) is 0 Å². The third kappa shape index (κ3) is 11.0. The average molecular weight is 347 g/mol. The summed E-state index contributed by atoms with van der Waals surface area (Å²) in [6, 6.07) is 0. The van der Waals surface area contributed by atoms with E-state index in [1.807, 2.05) is 0 Å². The maximum absolute atomic E-state index is 2.51. The van der Waals surface area contributed by atoms with Crippen molar-refractivity contribution in [3.8, 4) is 0 Å². The Hall–Kier alpha value is 1.05. The van der Waals surface area contributed by atoms with Gasteiger partial charge in [0.05, 0.1) is 0 Å². The summed E-state index contributed by atoms with van der Waals surface area (Å²) in [5, 5.41) is 1.46. The van der Waals surface area contributed by atoms with Gasteiger partial charge in [0.1, 0.15) is 0 Å². The van der Waals surface area contributed by atoms with Crippen LogP contribution in [0.15, 0.2) is 9.10 Å². The van der Waals surface area contributed by atoms with E-state index in [9.17, 15) is 0 Å². The summed E-state index contributed by atoms with van der Waals surface area (Å²) >= 11 is 1.10. The summed E-state index contributed by atoms with van der Waals surface area (Å²) in [7, 11) is 0. The van der Waals surface area contributed by atoms with E-state index < -0.39 is 0 Å². The van der Waals surface area contributed by atoms with Gasteiger partial charge in [0.15, 0.2) is 0 Å². The molecule has 0 aliphatic heterocycles. The monoisotopic (exact) mass is 350 g/mol. The van der Waals surface area contributed by atoms with Crippen molar-refractivity contribution in [1.29, 1.82) is 0 Å². The quantitative estimate of drug-likeness (QED) is 0.467. The van der Waals surface area contributed by atoms with Crippen molar-refractivity contribution in [3.63, 3.8) is 0 Å². The zero-order valence-electron chi connectivity index (χ0n) is 8.21. The molecule has 2 heteroatoms. The Labute approximate surface area is 93.8 Å². The molecule has 0 N–H and O–H groups in total. The molecule has 0 aromatic carbocycles. The zero-order chi connectivity index (χ0) is 9.07. The van der Waals surface area contributed by atoms with Crippen LogP contribution in [0, 0.1) is 0 Å². The molecule has 0 spiro atoms. The number of unbranched alkanes of at least 4 members (excludes halogenated alkanes) is 2. The second kappa shape index (κ2) is 12.0. The molecule has 0 saturated heterocycles. The van der Waals surface area contributed by atoms with Gasteiger partial charge in [0.25, 0.3) is 0 Å². The zero-order valence-corrected chi connectivity index (χ0v) is 12.3. The van der Waals surface area contributed by atoms with E-state index in [1.165, 1.54) is 35.5 Å². The fraction of sp³-hybridized carbons (Fsp3) is 0.800. The van der Waals surface area contributed by atoms with Crippen LogP contribution in [0.1, 0.15) is 39.5 Å². The van der Waals surface area contributed by atoms with Crippen molar-refractivity contribution < 1.29 is 0 Å². The second-order valence-electron chi connectivity index (χ2n) is 2.72. The molecule has 0 saturated carbocycles. The number of hydrogen-bond acceptors (Lipinski definition) is 0. The second-order valence-corrected chi connectivity index (χ2v) is 7.74. The molecule has 72 valence electrons. The minimum absolute atomic E-state index is 0.272. The molecule has 0 nitrogen and oxygen atoms in total. The molecule has 0 bridgehead atoms. The molecule has 0 amide bonds. The molecule has 0 unspecified atom stereocenters. The molecule has 0 fully saturated rings. The average Bonchev–Trinajstić information content (AvgIpc) is 2.10. The van der Waals surface area contributed by atoms with Gasteiger partial charge in [-0.25, -0.2) is 0 Å². The fourth-order valence-electron chi connectivity index (χ4n) is 0.670. The van der Waals surface area contributed by atoms with Crippen LogP contribution in [-0.2, 0) is 0 Å². The van der Waals surface area contributed by atoms with Crippen LogP contribution >= 0.6 is 0 Å². The van der Waals surface area contributed by atoms with Crippen molar-refractivity contribution in [2.45, 2.75) is 49.3 Å². The van der Waals surface area contributed by atoms with Crippen molar-refractivity contribution in [2.24, 2.45) is 0 Å². The van der Waals surface area contributed by atoms with Crippen LogP contribution in [0.2, 0.25) is 9.79 Å². The first kappa shape index (κ1) is 13.0. The predicted molar refractivity (Wildman–Crippen MR) is 60.1 cm³/mol. The third-order valence-electron chi connectivity index (χ3n) is 1.48. The molecule has 0 heterocycles. The molecular formula is C10H20SeTe. The fourth-order valence-corrected chi connectivity index (χ4v) is 6.26. The van der Waals surface area contributed by atoms with Gasteiger partial charge in [0, 0.05) is 0 Å². The van der Waals surface area contributed by atoms with Crippen LogP contribution in [0.25, 0.3) is 0 Å². The van der Waals surface area contributed by atoms with Gasteiger partial charge < -0.3 is 0 Å². The van der Waals surface area contributed by atoms with Crippen molar-refractivity contribution in [2.75, 3.05) is 0 Å². The molecule has 0 aromatic heterocycles. The van der Waals surface area contributed by atoms with E-state index >= 15 is 0 Å². The third-order valence-corrected chi connectivity index (χ3v) is 6.91. The van der Waals surface area contributed by atoms with E-state index in [0.717, 1.165) is 15.0 Å². The van der Waals surface area contributed by atoms with Crippen molar-refractivity contribution in [3.05, 3.63) is 9.10 Å². The Bertz CT molecular complexity index is 90.0. The van der Waals surface area contributed by atoms with E-state index in [-0.39, 0.29) is 20.9 Å². The van der Waals surface area contributed by atoms with Gasteiger partial charge in [-0.3, -0.25) is 0 Å². The van der Waals surface area contributed by atoms with E-state index in [2.05, 4.69) is 22.9 Å². The standard InChI is InChI=1S/C10H20SeTe/c1-3-5-7-11-8-10-12-9-6-4-2/h8,10H,3-7,9H2,1-2H3/b10-8+. The normalized spacial score (nSPS) is 11.2. The Morgan fingerprint density at radius 1 is 1.17 bits per heavy atom. The van der Waals surface area contributed by atoms with E-state index in [0.29, 0.717) is 0 Å². The number of hydrogen-bond donors (Lipinski definition) is 0. The van der Waals surface area contributed by atoms with Crippen LogP contribution in [0.5, 0.6) is 0 Å². The van der Waals surface area contributed by atoms with E-state index in [1.54, 1.807) is 0 Å². The summed E-state index contributed by atoms with van der Waals surface area (Å²) in [5.74, 6) is 0. The molecule has 0 atom stereocenters. The summed E-state index contributed by atoms with van der Waals surface area (Å²) in [5.41, 5.74) is 0. The van der Waals surface area contributed by atoms with Gasteiger partial charge in [-0.2, -0.15) is 0 Å². The van der Waals surface area contributed by atoms with Crippen molar-refractivity contribution >= 4 is 35.9 Å². The van der Waals surface area contributed by atoms with Crippen LogP contribution < -0.4 is 0 Å². The van der Waals surface area contributed by atoms with Gasteiger partial charge in [0.2, 0.25) is 0 Å². The first-order valence-electron chi connectivity index (χ1n) is 4.80. The molecule has 0 rings (SSSR count). The van der Waals surface area contributed by atoms with Crippen LogP contribution in [0.3, 0.4) is 0 Å². The molecule has 0 radical (unpaired) electrons.